The standard InChI is InChI=1S/C24H35NO2S/c1-5-9-17-26-22-19-28-23(24(22)27-18-10-6-2)16-13-20-11-14-21(15-12-20)25(7-3)8-4/h11-16,19H,5-10,17-18H2,1-4H3/b16-13+. The maximum Gasteiger partial charge on any atom is 0.179 e. The molecule has 0 unspecified atom stereocenters. The summed E-state index contributed by atoms with van der Waals surface area (Å²) < 4.78 is 12.0. The monoisotopic (exact) mass is 401 g/mol. The van der Waals surface area contributed by atoms with Crippen LogP contribution in [-0.4, -0.2) is 26.3 Å². The Morgan fingerprint density at radius 3 is 2.11 bits per heavy atom. The van der Waals surface area contributed by atoms with Gasteiger partial charge in [-0.3, -0.25) is 0 Å². The molecule has 0 amide bonds. The van der Waals surface area contributed by atoms with E-state index >= 15 is 0 Å². The lowest BCUT2D eigenvalue weighted by molar-refractivity contribution is 0.264. The molecular weight excluding hydrogens is 366 g/mol. The van der Waals surface area contributed by atoms with E-state index in [1.54, 1.807) is 11.3 Å². The van der Waals surface area contributed by atoms with Gasteiger partial charge >= 0.3 is 0 Å². The lowest BCUT2D eigenvalue weighted by Crippen LogP contribution is -2.21. The molecule has 0 bridgehead atoms. The van der Waals surface area contributed by atoms with Crippen molar-refractivity contribution in [3.05, 3.63) is 40.1 Å². The molecule has 28 heavy (non-hydrogen) atoms. The lowest BCUT2D eigenvalue weighted by Gasteiger charge is -2.20. The molecule has 0 radical (unpaired) electrons. The van der Waals surface area contributed by atoms with E-state index < -0.39 is 0 Å². The van der Waals surface area contributed by atoms with Crippen molar-refractivity contribution in [2.24, 2.45) is 0 Å². The third-order valence-corrected chi connectivity index (χ3v) is 5.60. The normalized spacial score (nSPS) is 11.1. The zero-order valence-electron chi connectivity index (χ0n) is 17.9. The molecule has 0 aliphatic rings. The molecule has 0 aliphatic carbocycles. The van der Waals surface area contributed by atoms with Gasteiger partial charge < -0.3 is 14.4 Å². The van der Waals surface area contributed by atoms with E-state index in [2.05, 4.69) is 74.4 Å². The molecule has 0 saturated heterocycles. The molecule has 1 aromatic heterocycles. The second-order valence-corrected chi connectivity index (χ2v) is 7.71. The largest absolute Gasteiger partial charge is 0.489 e. The van der Waals surface area contributed by atoms with Gasteiger partial charge in [-0.25, -0.2) is 0 Å². The smallest absolute Gasteiger partial charge is 0.179 e. The number of rotatable bonds is 13. The van der Waals surface area contributed by atoms with Crippen LogP contribution in [-0.2, 0) is 0 Å². The van der Waals surface area contributed by atoms with Gasteiger partial charge in [0.15, 0.2) is 11.5 Å². The summed E-state index contributed by atoms with van der Waals surface area (Å²) >= 11 is 1.68. The average Bonchev–Trinajstić information content (AvgIpc) is 3.10. The summed E-state index contributed by atoms with van der Waals surface area (Å²) in [5.74, 6) is 1.77. The average molecular weight is 402 g/mol. The Balaban J connectivity index is 2.12. The van der Waals surface area contributed by atoms with Crippen LogP contribution in [0.2, 0.25) is 0 Å². The fourth-order valence-corrected chi connectivity index (χ4v) is 3.73. The van der Waals surface area contributed by atoms with Crippen LogP contribution in [0.1, 0.15) is 63.8 Å². The van der Waals surface area contributed by atoms with Crippen LogP contribution < -0.4 is 14.4 Å². The van der Waals surface area contributed by atoms with Gasteiger partial charge in [-0.15, -0.1) is 11.3 Å². The Morgan fingerprint density at radius 1 is 0.857 bits per heavy atom. The van der Waals surface area contributed by atoms with Crippen LogP contribution in [0.5, 0.6) is 11.5 Å². The molecule has 0 fully saturated rings. The Hall–Kier alpha value is -1.94. The quantitative estimate of drug-likeness (QED) is 0.333. The zero-order chi connectivity index (χ0) is 20.2. The first kappa shape index (κ1) is 22.4. The summed E-state index contributed by atoms with van der Waals surface area (Å²) in [6, 6.07) is 8.74. The predicted molar refractivity (Wildman–Crippen MR) is 124 cm³/mol. The van der Waals surface area contributed by atoms with Crippen LogP contribution in [0, 0.1) is 0 Å². The Kier molecular flexibility index (Phi) is 9.98. The van der Waals surface area contributed by atoms with E-state index in [1.807, 2.05) is 0 Å². The highest BCUT2D eigenvalue weighted by Gasteiger charge is 2.13. The number of hydrogen-bond donors (Lipinski definition) is 0. The van der Waals surface area contributed by atoms with E-state index in [4.69, 9.17) is 9.47 Å². The molecule has 1 heterocycles. The van der Waals surface area contributed by atoms with E-state index in [9.17, 15) is 0 Å². The first-order valence-electron chi connectivity index (χ1n) is 10.6. The van der Waals surface area contributed by atoms with Gasteiger partial charge in [0.2, 0.25) is 0 Å². The molecular formula is C24H35NO2S. The van der Waals surface area contributed by atoms with Crippen molar-refractivity contribution in [3.8, 4) is 11.5 Å². The SMILES string of the molecule is CCCCOc1csc(/C=C/c2ccc(N(CC)CC)cc2)c1OCCCC. The molecule has 154 valence electrons. The molecule has 4 heteroatoms. The molecule has 0 N–H and O–H groups in total. The summed E-state index contributed by atoms with van der Waals surface area (Å²) in [5.41, 5.74) is 2.46. The number of nitrogens with zero attached hydrogens (tertiary/aromatic N) is 1. The van der Waals surface area contributed by atoms with Crippen LogP contribution in [0.25, 0.3) is 12.2 Å². The van der Waals surface area contributed by atoms with E-state index in [1.165, 1.54) is 11.3 Å². The topological polar surface area (TPSA) is 21.7 Å². The number of unbranched alkanes of at least 4 members (excludes halogenated alkanes) is 2. The van der Waals surface area contributed by atoms with E-state index in [0.717, 1.165) is 68.4 Å². The third-order valence-electron chi connectivity index (χ3n) is 4.69. The first-order valence-corrected chi connectivity index (χ1v) is 11.5. The fourth-order valence-electron chi connectivity index (χ4n) is 2.90. The molecule has 0 aliphatic heterocycles. The van der Waals surface area contributed by atoms with Gasteiger partial charge in [-0.1, -0.05) is 44.9 Å². The van der Waals surface area contributed by atoms with Crippen molar-refractivity contribution in [2.45, 2.75) is 53.4 Å². The molecule has 1 aromatic carbocycles. The first-order chi connectivity index (χ1) is 13.7. The molecule has 0 atom stereocenters. The summed E-state index contributed by atoms with van der Waals surface area (Å²) in [7, 11) is 0. The summed E-state index contributed by atoms with van der Waals surface area (Å²) in [6.45, 7) is 12.3. The highest BCUT2D eigenvalue weighted by Crippen LogP contribution is 2.39. The minimum Gasteiger partial charge on any atom is -0.489 e. The predicted octanol–water partition coefficient (Wildman–Crippen LogP) is 7.12. The van der Waals surface area contributed by atoms with Crippen LogP contribution in [0.3, 0.4) is 0 Å². The van der Waals surface area contributed by atoms with Crippen LogP contribution in [0.4, 0.5) is 5.69 Å². The maximum absolute atomic E-state index is 6.07. The van der Waals surface area contributed by atoms with Crippen molar-refractivity contribution in [2.75, 3.05) is 31.2 Å². The molecule has 3 nitrogen and oxygen atoms in total. The van der Waals surface area contributed by atoms with Crippen LogP contribution >= 0.6 is 11.3 Å². The van der Waals surface area contributed by atoms with Gasteiger partial charge in [-0.05, 0) is 50.5 Å². The Labute approximate surface area is 175 Å². The van der Waals surface area contributed by atoms with Crippen molar-refractivity contribution in [1.82, 2.24) is 0 Å². The molecule has 2 aromatic rings. The van der Waals surface area contributed by atoms with Gasteiger partial charge in [0.05, 0.1) is 18.1 Å². The van der Waals surface area contributed by atoms with Gasteiger partial charge in [0, 0.05) is 24.2 Å². The van der Waals surface area contributed by atoms with Gasteiger partial charge in [0.1, 0.15) is 0 Å². The summed E-state index contributed by atoms with van der Waals surface area (Å²) in [5, 5.41) is 2.07. The minimum atomic E-state index is 0.733. The maximum atomic E-state index is 6.07. The van der Waals surface area contributed by atoms with E-state index in [-0.39, 0.29) is 0 Å². The van der Waals surface area contributed by atoms with Crippen molar-refractivity contribution >= 4 is 29.2 Å². The molecule has 0 spiro atoms. The third kappa shape index (κ3) is 6.59. The Morgan fingerprint density at radius 2 is 1.50 bits per heavy atom. The number of benzene rings is 1. The molecule has 2 rings (SSSR count). The zero-order valence-corrected chi connectivity index (χ0v) is 18.7. The van der Waals surface area contributed by atoms with Crippen molar-refractivity contribution in [1.29, 1.82) is 0 Å². The fraction of sp³-hybridized carbons (Fsp3) is 0.500. The number of ether oxygens (including phenoxy) is 2. The second-order valence-electron chi connectivity index (χ2n) is 6.79. The second kappa shape index (κ2) is 12.5. The van der Waals surface area contributed by atoms with Gasteiger partial charge in [-0.2, -0.15) is 0 Å². The van der Waals surface area contributed by atoms with Crippen molar-refractivity contribution < 1.29 is 9.47 Å². The number of hydrogen-bond acceptors (Lipinski definition) is 4. The van der Waals surface area contributed by atoms with E-state index in [0.29, 0.717) is 0 Å². The Bertz CT molecular complexity index is 702. The minimum absolute atomic E-state index is 0.733. The number of thiophene rings is 1. The lowest BCUT2D eigenvalue weighted by atomic mass is 10.1. The van der Waals surface area contributed by atoms with Crippen molar-refractivity contribution in [3.63, 3.8) is 0 Å². The number of anilines is 1. The van der Waals surface area contributed by atoms with Gasteiger partial charge in [0.25, 0.3) is 0 Å². The summed E-state index contributed by atoms with van der Waals surface area (Å²) in [6.07, 6.45) is 8.67. The summed E-state index contributed by atoms with van der Waals surface area (Å²) in [4.78, 5) is 3.47. The molecule has 0 saturated carbocycles. The highest BCUT2D eigenvalue weighted by molar-refractivity contribution is 7.11. The highest BCUT2D eigenvalue weighted by atomic mass is 32.1. The van der Waals surface area contributed by atoms with Crippen LogP contribution in [0.15, 0.2) is 29.6 Å².